The first-order valence-electron chi connectivity index (χ1n) is 7.59. The van der Waals surface area contributed by atoms with Gasteiger partial charge in [-0.3, -0.25) is 4.90 Å². The zero-order chi connectivity index (χ0) is 11.5. The Balaban J connectivity index is 1.28. The van der Waals surface area contributed by atoms with Crippen LogP contribution in [0.5, 0.6) is 0 Å². The third-order valence-electron chi connectivity index (χ3n) is 4.72. The number of nitrogens with zero attached hydrogens (tertiary/aromatic N) is 2. The Kier molecular flexibility index (Phi) is 3.99. The highest BCUT2D eigenvalue weighted by Gasteiger charge is 2.30. The molecule has 0 amide bonds. The van der Waals surface area contributed by atoms with Crippen LogP contribution in [0.4, 0.5) is 0 Å². The van der Waals surface area contributed by atoms with Crippen molar-refractivity contribution < 1.29 is 0 Å². The van der Waals surface area contributed by atoms with Crippen molar-refractivity contribution in [1.82, 2.24) is 15.1 Å². The Labute approximate surface area is 106 Å². The van der Waals surface area contributed by atoms with Gasteiger partial charge in [0.1, 0.15) is 0 Å². The highest BCUT2D eigenvalue weighted by atomic mass is 15.3. The van der Waals surface area contributed by atoms with Crippen molar-refractivity contribution in [2.24, 2.45) is 5.92 Å². The molecule has 3 aliphatic rings. The van der Waals surface area contributed by atoms with E-state index in [0.29, 0.717) is 0 Å². The summed E-state index contributed by atoms with van der Waals surface area (Å²) in [6.45, 7) is 9.17. The van der Waals surface area contributed by atoms with Gasteiger partial charge in [-0.2, -0.15) is 0 Å². The van der Waals surface area contributed by atoms with Crippen molar-refractivity contribution in [1.29, 1.82) is 0 Å². The molecular weight excluding hydrogens is 210 g/mol. The maximum atomic E-state index is 3.47. The number of rotatable bonds is 5. The Morgan fingerprint density at radius 2 is 1.82 bits per heavy atom. The van der Waals surface area contributed by atoms with Crippen molar-refractivity contribution in [2.45, 2.75) is 38.1 Å². The molecule has 3 fully saturated rings. The predicted octanol–water partition coefficient (Wildman–Crippen LogP) is 1.16. The van der Waals surface area contributed by atoms with E-state index in [-0.39, 0.29) is 0 Å². The minimum atomic E-state index is 0.974. The largest absolute Gasteiger partial charge is 0.316 e. The Hall–Kier alpha value is -0.120. The van der Waals surface area contributed by atoms with Gasteiger partial charge in [0.2, 0.25) is 0 Å². The standard InChI is InChI=1S/C14H27N3/c1(2-13-5-6-15-12-13)7-16-8-10-17(11-9-16)14-3-4-14/h13-15H,1-12H2. The van der Waals surface area contributed by atoms with Gasteiger partial charge in [-0.15, -0.1) is 0 Å². The van der Waals surface area contributed by atoms with E-state index in [0.717, 1.165) is 12.0 Å². The summed E-state index contributed by atoms with van der Waals surface area (Å²) in [4.78, 5) is 5.39. The quantitative estimate of drug-likeness (QED) is 0.774. The summed E-state index contributed by atoms with van der Waals surface area (Å²) in [5, 5.41) is 3.47. The minimum absolute atomic E-state index is 0.974. The SMILES string of the molecule is C(CC1CCNC1)CN1CCN(C2CC2)CC1. The first-order chi connectivity index (χ1) is 8.42. The molecule has 17 heavy (non-hydrogen) atoms. The van der Waals surface area contributed by atoms with Crippen LogP contribution in [-0.4, -0.2) is 61.7 Å². The molecule has 98 valence electrons. The first-order valence-corrected chi connectivity index (χ1v) is 7.59. The highest BCUT2D eigenvalue weighted by Crippen LogP contribution is 2.27. The van der Waals surface area contributed by atoms with Gasteiger partial charge in [0.05, 0.1) is 0 Å². The van der Waals surface area contributed by atoms with Gasteiger partial charge in [-0.25, -0.2) is 0 Å². The Morgan fingerprint density at radius 3 is 2.47 bits per heavy atom. The van der Waals surface area contributed by atoms with Crippen LogP contribution in [-0.2, 0) is 0 Å². The van der Waals surface area contributed by atoms with Crippen LogP contribution in [0.3, 0.4) is 0 Å². The van der Waals surface area contributed by atoms with Gasteiger partial charge in [-0.05, 0) is 57.7 Å². The normalized spacial score (nSPS) is 32.1. The van der Waals surface area contributed by atoms with Crippen LogP contribution in [0.2, 0.25) is 0 Å². The molecule has 2 heterocycles. The molecule has 1 saturated carbocycles. The molecule has 1 atom stereocenters. The molecule has 0 spiro atoms. The smallest absolute Gasteiger partial charge is 0.0113 e. The first kappa shape index (κ1) is 11.9. The predicted molar refractivity (Wildman–Crippen MR) is 71.2 cm³/mol. The van der Waals surface area contributed by atoms with Gasteiger partial charge in [0, 0.05) is 32.2 Å². The van der Waals surface area contributed by atoms with Crippen LogP contribution in [0, 0.1) is 5.92 Å². The van der Waals surface area contributed by atoms with Crippen molar-refractivity contribution in [3.05, 3.63) is 0 Å². The third kappa shape index (κ3) is 3.43. The molecule has 2 saturated heterocycles. The molecule has 3 nitrogen and oxygen atoms in total. The molecule has 0 aromatic carbocycles. The second-order valence-corrected chi connectivity index (χ2v) is 6.11. The van der Waals surface area contributed by atoms with Gasteiger partial charge in [-0.1, -0.05) is 0 Å². The average Bonchev–Trinajstić information content (AvgIpc) is 3.08. The summed E-state index contributed by atoms with van der Waals surface area (Å²) in [7, 11) is 0. The molecule has 3 heteroatoms. The fourth-order valence-electron chi connectivity index (χ4n) is 3.36. The lowest BCUT2D eigenvalue weighted by molar-refractivity contribution is 0.124. The van der Waals surface area contributed by atoms with E-state index in [1.807, 2.05) is 0 Å². The highest BCUT2D eigenvalue weighted by molar-refractivity contribution is 4.87. The lowest BCUT2D eigenvalue weighted by Crippen LogP contribution is -2.47. The van der Waals surface area contributed by atoms with E-state index in [2.05, 4.69) is 15.1 Å². The molecular formula is C14H27N3. The maximum Gasteiger partial charge on any atom is 0.0113 e. The van der Waals surface area contributed by atoms with E-state index in [1.54, 1.807) is 0 Å². The lowest BCUT2D eigenvalue weighted by Gasteiger charge is -2.34. The third-order valence-corrected chi connectivity index (χ3v) is 4.72. The zero-order valence-electron chi connectivity index (χ0n) is 11.0. The molecule has 1 aliphatic carbocycles. The van der Waals surface area contributed by atoms with Gasteiger partial charge in [0.15, 0.2) is 0 Å². The molecule has 0 bridgehead atoms. The summed E-state index contributed by atoms with van der Waals surface area (Å²) in [5.74, 6) is 0.975. The van der Waals surface area contributed by atoms with Crippen LogP contribution < -0.4 is 5.32 Å². The van der Waals surface area contributed by atoms with Gasteiger partial charge >= 0.3 is 0 Å². The van der Waals surface area contributed by atoms with E-state index < -0.39 is 0 Å². The molecule has 0 radical (unpaired) electrons. The fraction of sp³-hybridized carbons (Fsp3) is 1.00. The van der Waals surface area contributed by atoms with Gasteiger partial charge < -0.3 is 10.2 Å². The molecule has 0 aromatic rings. The number of piperazine rings is 1. The molecule has 2 aliphatic heterocycles. The van der Waals surface area contributed by atoms with Crippen molar-refractivity contribution in [3.63, 3.8) is 0 Å². The van der Waals surface area contributed by atoms with Crippen molar-refractivity contribution in [2.75, 3.05) is 45.8 Å². The van der Waals surface area contributed by atoms with Gasteiger partial charge in [0.25, 0.3) is 0 Å². The summed E-state index contributed by atoms with van der Waals surface area (Å²) in [6, 6.07) is 0.974. The average molecular weight is 237 g/mol. The summed E-state index contributed by atoms with van der Waals surface area (Å²) in [6.07, 6.45) is 7.20. The molecule has 1 N–H and O–H groups in total. The minimum Gasteiger partial charge on any atom is -0.316 e. The second kappa shape index (κ2) is 5.68. The Bertz CT molecular complexity index is 226. The molecule has 1 unspecified atom stereocenters. The number of hydrogen-bond donors (Lipinski definition) is 1. The zero-order valence-corrected chi connectivity index (χ0v) is 11.0. The summed E-state index contributed by atoms with van der Waals surface area (Å²) < 4.78 is 0. The summed E-state index contributed by atoms with van der Waals surface area (Å²) in [5.41, 5.74) is 0. The Morgan fingerprint density at radius 1 is 1.00 bits per heavy atom. The number of hydrogen-bond acceptors (Lipinski definition) is 3. The molecule has 3 rings (SSSR count). The van der Waals surface area contributed by atoms with E-state index in [9.17, 15) is 0 Å². The van der Waals surface area contributed by atoms with Crippen LogP contribution in [0.25, 0.3) is 0 Å². The number of nitrogens with one attached hydrogen (secondary N) is 1. The van der Waals surface area contributed by atoms with E-state index >= 15 is 0 Å². The second-order valence-electron chi connectivity index (χ2n) is 6.11. The fourth-order valence-corrected chi connectivity index (χ4v) is 3.36. The summed E-state index contributed by atoms with van der Waals surface area (Å²) >= 11 is 0. The van der Waals surface area contributed by atoms with E-state index in [4.69, 9.17) is 0 Å². The van der Waals surface area contributed by atoms with Crippen molar-refractivity contribution >= 4 is 0 Å². The van der Waals surface area contributed by atoms with Crippen LogP contribution in [0.1, 0.15) is 32.1 Å². The van der Waals surface area contributed by atoms with Crippen LogP contribution in [0.15, 0.2) is 0 Å². The van der Waals surface area contributed by atoms with E-state index in [1.165, 1.54) is 77.9 Å². The monoisotopic (exact) mass is 237 g/mol. The van der Waals surface area contributed by atoms with Crippen molar-refractivity contribution in [3.8, 4) is 0 Å². The molecule has 0 aromatic heterocycles. The van der Waals surface area contributed by atoms with Crippen LogP contribution >= 0.6 is 0 Å². The maximum absolute atomic E-state index is 3.47. The lowest BCUT2D eigenvalue weighted by atomic mass is 10.0. The topological polar surface area (TPSA) is 18.5 Å².